The van der Waals surface area contributed by atoms with Crippen molar-refractivity contribution >= 4 is 38.6 Å². The fourth-order valence-electron chi connectivity index (χ4n) is 1.81. The van der Waals surface area contributed by atoms with Crippen LogP contribution < -0.4 is 5.73 Å². The molecule has 0 radical (unpaired) electrons. The van der Waals surface area contributed by atoms with E-state index >= 15 is 0 Å². The molecule has 1 aromatic carbocycles. The minimum absolute atomic E-state index is 0.561. The Balaban J connectivity index is 1.56. The monoisotopic (exact) mass is 355 g/mol. The summed E-state index contributed by atoms with van der Waals surface area (Å²) in [5, 5.41) is 8.54. The van der Waals surface area contributed by atoms with E-state index in [-0.39, 0.29) is 0 Å². The van der Waals surface area contributed by atoms with Crippen LogP contribution in [0.4, 0.5) is 0 Å². The van der Waals surface area contributed by atoms with Crippen molar-refractivity contribution in [2.45, 2.75) is 25.9 Å². The fourth-order valence-corrected chi connectivity index (χ4v) is 2.87. The van der Waals surface area contributed by atoms with Crippen molar-refractivity contribution in [3.8, 4) is 0 Å². The number of amidine groups is 1. The number of thioether (sulfide) groups is 1. The van der Waals surface area contributed by atoms with Gasteiger partial charge in [0.1, 0.15) is 0 Å². The van der Waals surface area contributed by atoms with Crippen LogP contribution in [0.1, 0.15) is 24.8 Å². The highest BCUT2D eigenvalue weighted by atomic mass is 79.9. The van der Waals surface area contributed by atoms with Gasteiger partial charge in [-0.15, -0.1) is 5.10 Å². The lowest BCUT2D eigenvalue weighted by Gasteiger charge is -2.09. The van der Waals surface area contributed by atoms with Crippen LogP contribution in [-0.4, -0.2) is 23.2 Å². The van der Waals surface area contributed by atoms with Crippen molar-refractivity contribution in [1.29, 1.82) is 0 Å². The summed E-state index contributed by atoms with van der Waals surface area (Å²) in [6.07, 6.45) is 3.09. The van der Waals surface area contributed by atoms with Crippen LogP contribution in [0.5, 0.6) is 0 Å². The molecule has 0 atom stereocenters. The predicted octanol–water partition coefficient (Wildman–Crippen LogP) is 3.55. The van der Waals surface area contributed by atoms with Gasteiger partial charge >= 0.3 is 0 Å². The van der Waals surface area contributed by atoms with E-state index in [1.807, 2.05) is 12.1 Å². The highest BCUT2D eigenvalue weighted by molar-refractivity contribution is 9.10. The Hall–Kier alpha value is -0.850. The van der Waals surface area contributed by atoms with Gasteiger partial charge < -0.3 is 10.5 Å². The van der Waals surface area contributed by atoms with Gasteiger partial charge in [-0.3, -0.25) is 0 Å². The average Bonchev–Trinajstić information content (AvgIpc) is 2.45. The molecule has 6 heteroatoms. The second kappa shape index (κ2) is 8.44. The van der Waals surface area contributed by atoms with Crippen LogP contribution >= 0.6 is 27.7 Å². The lowest BCUT2D eigenvalue weighted by Crippen LogP contribution is -2.15. The van der Waals surface area contributed by atoms with Crippen LogP contribution in [0.25, 0.3) is 0 Å². The molecular weight excluding hydrogens is 338 g/mol. The molecule has 0 bridgehead atoms. The zero-order chi connectivity index (χ0) is 14.2. The lowest BCUT2D eigenvalue weighted by molar-refractivity contribution is 0.117. The number of halogens is 1. The SMILES string of the molecule is NC1=NN=C(CCCCOCc2cccc(Br)c2)CS1. The minimum Gasteiger partial charge on any atom is -0.377 e. The highest BCUT2D eigenvalue weighted by Gasteiger charge is 2.07. The summed E-state index contributed by atoms with van der Waals surface area (Å²) >= 11 is 5.01. The Morgan fingerprint density at radius 3 is 2.95 bits per heavy atom. The number of hydrogen-bond acceptors (Lipinski definition) is 5. The third-order valence-electron chi connectivity index (χ3n) is 2.84. The maximum absolute atomic E-state index is 5.67. The van der Waals surface area contributed by atoms with E-state index in [2.05, 4.69) is 38.3 Å². The zero-order valence-electron chi connectivity index (χ0n) is 11.2. The molecule has 1 heterocycles. The number of nitrogens with zero attached hydrogens (tertiary/aromatic N) is 2. The molecule has 1 aromatic rings. The van der Waals surface area contributed by atoms with Crippen LogP contribution in [0.15, 0.2) is 38.9 Å². The van der Waals surface area contributed by atoms with Crippen molar-refractivity contribution in [1.82, 2.24) is 0 Å². The number of nitrogens with two attached hydrogens (primary N) is 1. The zero-order valence-corrected chi connectivity index (χ0v) is 13.6. The first-order valence-electron chi connectivity index (χ1n) is 6.58. The summed E-state index contributed by atoms with van der Waals surface area (Å²) in [6, 6.07) is 8.19. The number of ether oxygens (including phenoxy) is 1. The molecule has 108 valence electrons. The van der Waals surface area contributed by atoms with Gasteiger partial charge in [0.25, 0.3) is 0 Å². The van der Waals surface area contributed by atoms with Crippen molar-refractivity contribution < 1.29 is 4.74 Å². The molecule has 0 unspecified atom stereocenters. The molecule has 0 amide bonds. The van der Waals surface area contributed by atoms with Gasteiger partial charge in [0.05, 0.1) is 12.3 Å². The van der Waals surface area contributed by atoms with Crippen molar-refractivity contribution in [3.05, 3.63) is 34.3 Å². The number of benzene rings is 1. The molecule has 0 aromatic heterocycles. The number of unbranched alkanes of at least 4 members (excludes halogenated alkanes) is 1. The molecule has 20 heavy (non-hydrogen) atoms. The molecule has 0 saturated carbocycles. The van der Waals surface area contributed by atoms with Gasteiger partial charge in [0.2, 0.25) is 0 Å². The minimum atomic E-state index is 0.561. The molecule has 1 aliphatic rings. The maximum atomic E-state index is 5.67. The Bertz CT molecular complexity index is 505. The lowest BCUT2D eigenvalue weighted by atomic mass is 10.2. The quantitative estimate of drug-likeness (QED) is 0.760. The first kappa shape index (κ1) is 15.5. The molecule has 4 nitrogen and oxygen atoms in total. The normalized spacial score (nSPS) is 14.8. The second-order valence-corrected chi connectivity index (χ2v) is 6.44. The Morgan fingerprint density at radius 2 is 2.20 bits per heavy atom. The van der Waals surface area contributed by atoms with Crippen LogP contribution in [0, 0.1) is 0 Å². The smallest absolute Gasteiger partial charge is 0.180 e. The number of rotatable bonds is 7. The van der Waals surface area contributed by atoms with Crippen LogP contribution in [0.3, 0.4) is 0 Å². The van der Waals surface area contributed by atoms with Gasteiger partial charge in [0.15, 0.2) is 5.17 Å². The first-order chi connectivity index (χ1) is 9.74. The molecule has 0 fully saturated rings. The molecule has 0 saturated heterocycles. The number of hydrogen-bond donors (Lipinski definition) is 1. The van der Waals surface area contributed by atoms with Gasteiger partial charge in [-0.2, -0.15) is 5.10 Å². The molecule has 0 aliphatic carbocycles. The van der Waals surface area contributed by atoms with Gasteiger partial charge in [0, 0.05) is 16.8 Å². The summed E-state index contributed by atoms with van der Waals surface area (Å²) in [7, 11) is 0. The van der Waals surface area contributed by atoms with Gasteiger partial charge in [-0.25, -0.2) is 0 Å². The third kappa shape index (κ3) is 5.64. The second-order valence-electron chi connectivity index (χ2n) is 4.53. The average molecular weight is 356 g/mol. The standard InChI is InChI=1S/C14H18BrN3OS/c15-12-5-3-4-11(8-12)9-19-7-2-1-6-13-10-20-14(16)18-17-13/h3-5,8H,1-2,6-7,9-10H2,(H2,16,18). The largest absolute Gasteiger partial charge is 0.377 e. The Morgan fingerprint density at radius 1 is 1.30 bits per heavy atom. The Kier molecular flexibility index (Phi) is 6.56. The fraction of sp³-hybridized carbons (Fsp3) is 0.429. The molecular formula is C14H18BrN3OS. The van der Waals surface area contributed by atoms with Crippen LogP contribution in [0.2, 0.25) is 0 Å². The summed E-state index contributed by atoms with van der Waals surface area (Å²) in [5.41, 5.74) is 7.85. The summed E-state index contributed by atoms with van der Waals surface area (Å²) < 4.78 is 6.76. The van der Waals surface area contributed by atoms with Gasteiger partial charge in [-0.1, -0.05) is 39.8 Å². The third-order valence-corrected chi connectivity index (χ3v) is 4.19. The van der Waals surface area contributed by atoms with Crippen molar-refractivity contribution in [3.63, 3.8) is 0 Å². The topological polar surface area (TPSA) is 60.0 Å². The van der Waals surface area contributed by atoms with Crippen LogP contribution in [-0.2, 0) is 11.3 Å². The molecule has 1 aliphatic heterocycles. The first-order valence-corrected chi connectivity index (χ1v) is 8.36. The predicted molar refractivity (Wildman–Crippen MR) is 89.2 cm³/mol. The van der Waals surface area contributed by atoms with E-state index in [0.717, 1.165) is 41.8 Å². The van der Waals surface area contributed by atoms with E-state index in [4.69, 9.17) is 10.5 Å². The Labute approximate surface area is 132 Å². The van der Waals surface area contributed by atoms with E-state index in [0.29, 0.717) is 11.8 Å². The summed E-state index contributed by atoms with van der Waals surface area (Å²) in [6.45, 7) is 1.44. The van der Waals surface area contributed by atoms with E-state index < -0.39 is 0 Å². The molecule has 2 N–H and O–H groups in total. The van der Waals surface area contributed by atoms with Gasteiger partial charge in [-0.05, 0) is 37.0 Å². The maximum Gasteiger partial charge on any atom is 0.180 e. The van der Waals surface area contributed by atoms with E-state index in [1.165, 1.54) is 5.56 Å². The highest BCUT2D eigenvalue weighted by Crippen LogP contribution is 2.13. The van der Waals surface area contributed by atoms with Crippen molar-refractivity contribution in [2.75, 3.05) is 12.4 Å². The van der Waals surface area contributed by atoms with E-state index in [9.17, 15) is 0 Å². The molecule has 0 spiro atoms. The summed E-state index contributed by atoms with van der Waals surface area (Å²) in [5.74, 6) is 0.869. The summed E-state index contributed by atoms with van der Waals surface area (Å²) in [4.78, 5) is 0. The molecule has 2 rings (SSSR count). The van der Waals surface area contributed by atoms with Crippen molar-refractivity contribution in [2.24, 2.45) is 15.9 Å². The van der Waals surface area contributed by atoms with E-state index in [1.54, 1.807) is 11.8 Å².